The van der Waals surface area contributed by atoms with Gasteiger partial charge in [0, 0.05) is 17.7 Å². The summed E-state index contributed by atoms with van der Waals surface area (Å²) < 4.78 is 12.8. The zero-order valence-electron chi connectivity index (χ0n) is 18.3. The van der Waals surface area contributed by atoms with Crippen LogP contribution in [0.2, 0.25) is 0 Å². The fourth-order valence-electron chi connectivity index (χ4n) is 3.46. The lowest BCUT2D eigenvalue weighted by atomic mass is 10.2. The molecule has 0 saturated carbocycles. The molecule has 0 aliphatic heterocycles. The van der Waals surface area contributed by atoms with Crippen molar-refractivity contribution < 1.29 is 9.47 Å². The average molecular weight is 468 g/mol. The second kappa shape index (κ2) is 10.2. The summed E-state index contributed by atoms with van der Waals surface area (Å²) in [5.41, 5.74) is 2.58. The van der Waals surface area contributed by atoms with Gasteiger partial charge in [-0.05, 0) is 30.7 Å². The van der Waals surface area contributed by atoms with Crippen LogP contribution in [-0.4, -0.2) is 28.8 Å². The largest absolute Gasteiger partial charge is 0.493 e. The first-order chi connectivity index (χ1) is 15.7. The SMILES string of the molecule is CCCCn1c(SCc2csc(-c3cccc(OC)c3OC)n2)nc2ccccc2c1=O. The molecule has 4 aromatic rings. The van der Waals surface area contributed by atoms with Crippen molar-refractivity contribution >= 4 is 34.0 Å². The molecule has 0 fully saturated rings. The van der Waals surface area contributed by atoms with Crippen LogP contribution in [0.15, 0.2) is 57.8 Å². The molecule has 2 aromatic heterocycles. The van der Waals surface area contributed by atoms with Crippen LogP contribution in [0.5, 0.6) is 11.5 Å². The zero-order valence-corrected chi connectivity index (χ0v) is 20.0. The van der Waals surface area contributed by atoms with Gasteiger partial charge in [-0.25, -0.2) is 9.97 Å². The number of benzene rings is 2. The molecule has 166 valence electrons. The van der Waals surface area contributed by atoms with Crippen molar-refractivity contribution in [1.82, 2.24) is 14.5 Å². The maximum Gasteiger partial charge on any atom is 0.262 e. The summed E-state index contributed by atoms with van der Waals surface area (Å²) in [4.78, 5) is 22.6. The molecule has 0 unspecified atom stereocenters. The van der Waals surface area contributed by atoms with Gasteiger partial charge in [-0.2, -0.15) is 0 Å². The Morgan fingerprint density at radius 2 is 1.91 bits per heavy atom. The van der Waals surface area contributed by atoms with Crippen molar-refractivity contribution in [3.63, 3.8) is 0 Å². The topological polar surface area (TPSA) is 66.2 Å². The Morgan fingerprint density at radius 3 is 2.69 bits per heavy atom. The number of para-hydroxylation sites is 2. The van der Waals surface area contributed by atoms with Gasteiger partial charge in [0.15, 0.2) is 16.7 Å². The molecule has 0 amide bonds. The lowest BCUT2D eigenvalue weighted by molar-refractivity contribution is 0.356. The molecule has 32 heavy (non-hydrogen) atoms. The summed E-state index contributed by atoms with van der Waals surface area (Å²) >= 11 is 3.11. The van der Waals surface area contributed by atoms with Gasteiger partial charge in [0.25, 0.3) is 5.56 Å². The van der Waals surface area contributed by atoms with Crippen LogP contribution in [0.3, 0.4) is 0 Å². The fourth-order valence-corrected chi connectivity index (χ4v) is 5.33. The predicted molar refractivity (Wildman–Crippen MR) is 131 cm³/mol. The molecular formula is C24H25N3O3S2. The van der Waals surface area contributed by atoms with E-state index in [2.05, 4.69) is 6.92 Å². The van der Waals surface area contributed by atoms with E-state index in [1.54, 1.807) is 41.9 Å². The van der Waals surface area contributed by atoms with Crippen molar-refractivity contribution in [2.24, 2.45) is 0 Å². The normalized spacial score (nSPS) is 11.1. The number of hydrogen-bond donors (Lipinski definition) is 0. The van der Waals surface area contributed by atoms with Crippen molar-refractivity contribution in [1.29, 1.82) is 0 Å². The number of aromatic nitrogens is 3. The van der Waals surface area contributed by atoms with Gasteiger partial charge in [-0.15, -0.1) is 11.3 Å². The molecule has 0 radical (unpaired) electrons. The van der Waals surface area contributed by atoms with E-state index in [4.69, 9.17) is 19.4 Å². The van der Waals surface area contributed by atoms with Gasteiger partial charge in [0.05, 0.1) is 36.4 Å². The van der Waals surface area contributed by atoms with Crippen LogP contribution in [0.25, 0.3) is 21.5 Å². The van der Waals surface area contributed by atoms with Gasteiger partial charge in [0.1, 0.15) is 5.01 Å². The van der Waals surface area contributed by atoms with E-state index in [9.17, 15) is 4.79 Å². The number of methoxy groups -OCH3 is 2. The van der Waals surface area contributed by atoms with Crippen LogP contribution in [0, 0.1) is 0 Å². The molecular weight excluding hydrogens is 442 g/mol. The molecule has 8 heteroatoms. The number of thioether (sulfide) groups is 1. The molecule has 2 heterocycles. The van der Waals surface area contributed by atoms with Crippen molar-refractivity contribution in [2.45, 2.75) is 37.2 Å². The van der Waals surface area contributed by atoms with E-state index in [1.165, 1.54) is 0 Å². The van der Waals surface area contributed by atoms with E-state index in [0.29, 0.717) is 29.2 Å². The Hall–Kier alpha value is -2.84. The van der Waals surface area contributed by atoms with Crippen LogP contribution in [0.1, 0.15) is 25.5 Å². The second-order valence-electron chi connectivity index (χ2n) is 7.20. The first kappa shape index (κ1) is 22.4. The Kier molecular flexibility index (Phi) is 7.12. The molecule has 0 aliphatic carbocycles. The summed E-state index contributed by atoms with van der Waals surface area (Å²) in [7, 11) is 3.26. The lowest BCUT2D eigenvalue weighted by Gasteiger charge is -2.12. The highest BCUT2D eigenvalue weighted by atomic mass is 32.2. The monoisotopic (exact) mass is 467 g/mol. The van der Waals surface area contributed by atoms with E-state index < -0.39 is 0 Å². The predicted octanol–water partition coefficient (Wildman–Crippen LogP) is 5.63. The minimum absolute atomic E-state index is 0.0200. The van der Waals surface area contributed by atoms with Crippen molar-refractivity contribution in [3.05, 3.63) is 63.9 Å². The van der Waals surface area contributed by atoms with E-state index in [0.717, 1.165) is 39.8 Å². The number of hydrogen-bond acceptors (Lipinski definition) is 7. The lowest BCUT2D eigenvalue weighted by Crippen LogP contribution is -2.23. The molecule has 0 atom stereocenters. The van der Waals surface area contributed by atoms with Crippen LogP contribution in [-0.2, 0) is 12.3 Å². The summed E-state index contributed by atoms with van der Waals surface area (Å²) in [6, 6.07) is 13.3. The molecule has 6 nitrogen and oxygen atoms in total. The van der Waals surface area contributed by atoms with E-state index in [-0.39, 0.29) is 5.56 Å². The smallest absolute Gasteiger partial charge is 0.262 e. The summed E-state index contributed by atoms with van der Waals surface area (Å²) in [5, 5.41) is 4.30. The highest BCUT2D eigenvalue weighted by molar-refractivity contribution is 7.98. The number of rotatable bonds is 9. The minimum atomic E-state index is 0.0200. The highest BCUT2D eigenvalue weighted by Crippen LogP contribution is 2.39. The zero-order chi connectivity index (χ0) is 22.5. The van der Waals surface area contributed by atoms with Gasteiger partial charge < -0.3 is 9.47 Å². The maximum atomic E-state index is 13.1. The van der Waals surface area contributed by atoms with Crippen molar-refractivity contribution in [2.75, 3.05) is 14.2 Å². The Balaban J connectivity index is 1.61. The molecule has 0 saturated heterocycles. The van der Waals surface area contributed by atoms with Gasteiger partial charge in [0.2, 0.25) is 0 Å². The summed E-state index contributed by atoms with van der Waals surface area (Å²) in [6.45, 7) is 2.79. The first-order valence-corrected chi connectivity index (χ1v) is 12.3. The third-order valence-electron chi connectivity index (χ3n) is 5.10. The number of nitrogens with zero attached hydrogens (tertiary/aromatic N) is 3. The van der Waals surface area contributed by atoms with Crippen LogP contribution < -0.4 is 15.0 Å². The first-order valence-electron chi connectivity index (χ1n) is 10.4. The summed E-state index contributed by atoms with van der Waals surface area (Å²) in [5.74, 6) is 1.98. The Morgan fingerprint density at radius 1 is 1.06 bits per heavy atom. The number of fused-ring (bicyclic) bond motifs is 1. The van der Waals surface area contributed by atoms with Gasteiger partial charge in [-0.1, -0.05) is 43.3 Å². The van der Waals surface area contributed by atoms with Gasteiger partial charge >= 0.3 is 0 Å². The number of thiazole rings is 1. The Labute approximate surface area is 195 Å². The van der Waals surface area contributed by atoms with E-state index >= 15 is 0 Å². The molecule has 2 aromatic carbocycles. The quantitative estimate of drug-likeness (QED) is 0.235. The molecule has 4 rings (SSSR count). The van der Waals surface area contributed by atoms with Crippen LogP contribution in [0.4, 0.5) is 0 Å². The second-order valence-corrected chi connectivity index (χ2v) is 9.00. The molecule has 0 aliphatic rings. The Bertz CT molecular complexity index is 1280. The van der Waals surface area contributed by atoms with E-state index in [1.807, 2.05) is 47.8 Å². The molecule has 0 spiro atoms. The fraction of sp³-hybridized carbons (Fsp3) is 0.292. The third kappa shape index (κ3) is 4.52. The average Bonchev–Trinajstić information content (AvgIpc) is 3.30. The third-order valence-corrected chi connectivity index (χ3v) is 7.03. The standard InChI is InChI=1S/C24H25N3O3S2/c1-4-5-13-27-23(28)17-9-6-7-11-19(17)26-24(27)32-15-16-14-31-22(25-16)18-10-8-12-20(29-2)21(18)30-3/h6-12,14H,4-5,13,15H2,1-3H3. The number of ether oxygens (including phenoxy) is 2. The van der Waals surface area contributed by atoms with Gasteiger partial charge in [-0.3, -0.25) is 9.36 Å². The highest BCUT2D eigenvalue weighted by Gasteiger charge is 2.16. The molecule has 0 bridgehead atoms. The number of unbranched alkanes of at least 4 members (excludes halogenated alkanes) is 1. The molecule has 0 N–H and O–H groups in total. The van der Waals surface area contributed by atoms with Crippen molar-refractivity contribution in [3.8, 4) is 22.1 Å². The van der Waals surface area contributed by atoms with Crippen LogP contribution >= 0.6 is 23.1 Å². The summed E-state index contributed by atoms with van der Waals surface area (Å²) in [6.07, 6.45) is 1.95. The minimum Gasteiger partial charge on any atom is -0.493 e. The maximum absolute atomic E-state index is 13.1.